The predicted molar refractivity (Wildman–Crippen MR) is 118 cm³/mol. The Morgan fingerprint density at radius 1 is 1.07 bits per heavy atom. The molecule has 0 saturated carbocycles. The van der Waals surface area contributed by atoms with Gasteiger partial charge in [0.1, 0.15) is 10.9 Å². The molecule has 2 unspecified atom stereocenters. The fourth-order valence-corrected chi connectivity index (χ4v) is 4.67. The molecule has 3 rings (SSSR count). The molecular weight excluding hydrogens is 400 g/mol. The van der Waals surface area contributed by atoms with Gasteiger partial charge in [0.05, 0.1) is 18.8 Å². The van der Waals surface area contributed by atoms with Crippen molar-refractivity contribution in [3.05, 3.63) is 52.2 Å². The number of allylic oxidation sites excluding steroid dienone is 1. The van der Waals surface area contributed by atoms with E-state index >= 15 is 0 Å². The first-order valence-electron chi connectivity index (χ1n) is 10.00. The van der Waals surface area contributed by atoms with Crippen molar-refractivity contribution >= 4 is 29.0 Å². The van der Waals surface area contributed by atoms with Gasteiger partial charge in [-0.25, -0.2) is 9.78 Å². The number of rotatable bonds is 6. The van der Waals surface area contributed by atoms with Crippen LogP contribution >= 0.6 is 11.3 Å². The van der Waals surface area contributed by atoms with Crippen molar-refractivity contribution in [3.8, 4) is 10.6 Å². The highest BCUT2D eigenvalue weighted by molar-refractivity contribution is 7.13. The van der Waals surface area contributed by atoms with Crippen LogP contribution in [0.1, 0.15) is 44.9 Å². The standard InChI is InChI=1S/C23H26N2O4S/c1-6-28-22(26)18-14(4)25-15(5)19(23(27)29-7-2)20(18)16-10-8-9-11-17(16)21-24-13(3)12-30-21/h8-12,18,20H,6-7H2,1-5H3. The van der Waals surface area contributed by atoms with Crippen molar-refractivity contribution in [3.63, 3.8) is 0 Å². The van der Waals surface area contributed by atoms with Crippen LogP contribution < -0.4 is 0 Å². The third kappa shape index (κ3) is 4.21. The maximum absolute atomic E-state index is 13.0. The molecule has 30 heavy (non-hydrogen) atoms. The summed E-state index contributed by atoms with van der Waals surface area (Å²) in [5.74, 6) is -2.14. The number of ether oxygens (including phenoxy) is 2. The number of hydrogen-bond donors (Lipinski definition) is 0. The Labute approximate surface area is 180 Å². The van der Waals surface area contributed by atoms with Crippen LogP contribution in [0.4, 0.5) is 0 Å². The van der Waals surface area contributed by atoms with E-state index in [1.54, 1.807) is 27.7 Å². The van der Waals surface area contributed by atoms with E-state index in [4.69, 9.17) is 9.47 Å². The second-order valence-corrected chi connectivity index (χ2v) is 7.92. The molecule has 158 valence electrons. The van der Waals surface area contributed by atoms with Crippen LogP contribution in [-0.2, 0) is 19.1 Å². The van der Waals surface area contributed by atoms with Crippen molar-refractivity contribution in [1.29, 1.82) is 0 Å². The molecule has 7 heteroatoms. The zero-order chi connectivity index (χ0) is 21.8. The number of thiazole rings is 1. The smallest absolute Gasteiger partial charge is 0.336 e. The van der Waals surface area contributed by atoms with E-state index in [1.165, 1.54) is 11.3 Å². The van der Waals surface area contributed by atoms with Gasteiger partial charge in [0.25, 0.3) is 0 Å². The Balaban J connectivity index is 2.24. The van der Waals surface area contributed by atoms with Crippen LogP contribution in [0.25, 0.3) is 10.6 Å². The molecule has 6 nitrogen and oxygen atoms in total. The molecule has 1 aliphatic heterocycles. The molecule has 0 N–H and O–H groups in total. The van der Waals surface area contributed by atoms with Crippen molar-refractivity contribution < 1.29 is 19.1 Å². The predicted octanol–water partition coefficient (Wildman–Crippen LogP) is 4.69. The van der Waals surface area contributed by atoms with Gasteiger partial charge in [0.15, 0.2) is 0 Å². The summed E-state index contributed by atoms with van der Waals surface area (Å²) in [6, 6.07) is 7.74. The number of nitrogens with zero attached hydrogens (tertiary/aromatic N) is 2. The van der Waals surface area contributed by atoms with Crippen molar-refractivity contribution in [2.45, 2.75) is 40.5 Å². The van der Waals surface area contributed by atoms with Crippen LogP contribution in [0.2, 0.25) is 0 Å². The topological polar surface area (TPSA) is 77.8 Å². The highest BCUT2D eigenvalue weighted by Gasteiger charge is 2.43. The summed E-state index contributed by atoms with van der Waals surface area (Å²) in [5, 5.41) is 2.82. The van der Waals surface area contributed by atoms with Crippen LogP contribution in [0.5, 0.6) is 0 Å². The molecule has 0 bridgehead atoms. The lowest BCUT2D eigenvalue weighted by atomic mass is 9.74. The fraction of sp³-hybridized carbons (Fsp3) is 0.391. The molecule has 1 aromatic heterocycles. The number of hydrogen-bond acceptors (Lipinski definition) is 7. The Hall–Kier alpha value is -2.80. The summed E-state index contributed by atoms with van der Waals surface area (Å²) in [6.07, 6.45) is 0. The molecule has 0 fully saturated rings. The lowest BCUT2D eigenvalue weighted by Crippen LogP contribution is -2.36. The third-order valence-electron chi connectivity index (χ3n) is 5.01. The van der Waals surface area contributed by atoms with Crippen LogP contribution in [-0.4, -0.2) is 35.8 Å². The summed E-state index contributed by atoms with van der Waals surface area (Å²) in [5.41, 5.74) is 4.21. The molecule has 2 heterocycles. The van der Waals surface area contributed by atoms with Crippen molar-refractivity contribution in [2.75, 3.05) is 13.2 Å². The Kier molecular flexibility index (Phi) is 6.82. The number of carbonyl (C=O) groups excluding carboxylic acids is 2. The first-order chi connectivity index (χ1) is 14.4. The van der Waals surface area contributed by atoms with Gasteiger partial charge < -0.3 is 9.47 Å². The molecule has 0 radical (unpaired) electrons. The summed E-state index contributed by atoms with van der Waals surface area (Å²) >= 11 is 1.53. The minimum absolute atomic E-state index is 0.239. The molecule has 0 saturated heterocycles. The number of benzene rings is 1. The van der Waals surface area contributed by atoms with Crippen LogP contribution in [0, 0.1) is 12.8 Å². The van der Waals surface area contributed by atoms with Gasteiger partial charge in [-0.1, -0.05) is 24.3 Å². The minimum atomic E-state index is -0.713. The lowest BCUT2D eigenvalue weighted by Gasteiger charge is -2.32. The van der Waals surface area contributed by atoms with Crippen LogP contribution in [0.3, 0.4) is 0 Å². The summed E-state index contributed by atoms with van der Waals surface area (Å²) in [7, 11) is 0. The normalized spacial score (nSPS) is 18.8. The monoisotopic (exact) mass is 426 g/mol. The number of carbonyl (C=O) groups is 2. The van der Waals surface area contributed by atoms with E-state index in [-0.39, 0.29) is 13.2 Å². The zero-order valence-electron chi connectivity index (χ0n) is 17.9. The molecule has 2 aromatic rings. The maximum atomic E-state index is 13.0. The van der Waals surface area contributed by atoms with Gasteiger partial charge in [0, 0.05) is 34.0 Å². The minimum Gasteiger partial charge on any atom is -0.465 e. The molecule has 1 aromatic carbocycles. The molecule has 0 amide bonds. The first kappa shape index (κ1) is 21.9. The SMILES string of the molecule is CCOC(=O)C1=C(C)N=C(C)C(C(=O)OCC)C1c1ccccc1-c1nc(C)cs1. The van der Waals surface area contributed by atoms with Gasteiger partial charge in [-0.2, -0.15) is 0 Å². The molecule has 1 aliphatic rings. The maximum Gasteiger partial charge on any atom is 0.336 e. The number of esters is 2. The largest absolute Gasteiger partial charge is 0.465 e. The van der Waals surface area contributed by atoms with Crippen molar-refractivity contribution in [1.82, 2.24) is 4.98 Å². The Bertz CT molecular complexity index is 1020. The Morgan fingerprint density at radius 2 is 1.77 bits per heavy atom. The first-order valence-corrected chi connectivity index (χ1v) is 10.9. The number of aryl methyl sites for hydroxylation is 1. The van der Waals surface area contributed by atoms with Crippen molar-refractivity contribution in [2.24, 2.45) is 10.9 Å². The van der Waals surface area contributed by atoms with Gasteiger partial charge >= 0.3 is 11.9 Å². The van der Waals surface area contributed by atoms with Gasteiger partial charge in [0.2, 0.25) is 0 Å². The van der Waals surface area contributed by atoms with E-state index in [9.17, 15) is 9.59 Å². The van der Waals surface area contributed by atoms with E-state index in [0.29, 0.717) is 17.0 Å². The average molecular weight is 427 g/mol. The van der Waals surface area contributed by atoms with Gasteiger partial charge in [-0.05, 0) is 40.2 Å². The highest BCUT2D eigenvalue weighted by atomic mass is 32.1. The van der Waals surface area contributed by atoms with Crippen LogP contribution in [0.15, 0.2) is 45.9 Å². The zero-order valence-corrected chi connectivity index (χ0v) is 18.7. The second-order valence-electron chi connectivity index (χ2n) is 7.06. The summed E-state index contributed by atoms with van der Waals surface area (Å²) in [4.78, 5) is 35.1. The quantitative estimate of drug-likeness (QED) is 0.626. The Morgan fingerprint density at radius 3 is 2.40 bits per heavy atom. The average Bonchev–Trinajstić information content (AvgIpc) is 3.13. The number of aromatic nitrogens is 1. The van der Waals surface area contributed by atoms with E-state index < -0.39 is 23.8 Å². The van der Waals surface area contributed by atoms with Gasteiger partial charge in [-0.15, -0.1) is 11.3 Å². The van der Waals surface area contributed by atoms with E-state index in [0.717, 1.165) is 21.8 Å². The molecule has 0 aliphatic carbocycles. The number of aliphatic imine (C=N–C) groups is 1. The van der Waals surface area contributed by atoms with Gasteiger partial charge in [-0.3, -0.25) is 9.79 Å². The third-order valence-corrected chi connectivity index (χ3v) is 6.00. The van der Waals surface area contributed by atoms with E-state index in [2.05, 4.69) is 9.98 Å². The molecule has 0 spiro atoms. The second kappa shape index (κ2) is 9.34. The highest BCUT2D eigenvalue weighted by Crippen LogP contribution is 2.44. The summed E-state index contributed by atoms with van der Waals surface area (Å²) < 4.78 is 10.7. The molecular formula is C23H26N2O4S. The summed E-state index contributed by atoms with van der Waals surface area (Å²) in [6.45, 7) is 9.53. The lowest BCUT2D eigenvalue weighted by molar-refractivity contribution is -0.146. The fourth-order valence-electron chi connectivity index (χ4n) is 3.83. The molecule has 2 atom stereocenters. The van der Waals surface area contributed by atoms with E-state index in [1.807, 2.05) is 36.6 Å².